The fraction of sp³-hybridized carbons (Fsp3) is 0.333. The first-order valence-corrected chi connectivity index (χ1v) is 5.63. The molecule has 106 valence electrons. The summed E-state index contributed by atoms with van der Waals surface area (Å²) in [5.74, 6) is 0. The lowest BCUT2D eigenvalue weighted by Gasteiger charge is -2.22. The molecule has 0 aliphatic heterocycles. The van der Waals surface area contributed by atoms with Gasteiger partial charge >= 0.3 is 0 Å². The van der Waals surface area contributed by atoms with E-state index in [1.54, 1.807) is 0 Å². The van der Waals surface area contributed by atoms with E-state index >= 15 is 0 Å². The van der Waals surface area contributed by atoms with Crippen molar-refractivity contribution >= 4 is 0 Å². The standard InChI is InChI=1S/C18H23NO/c1-15-9-7-8-12-17(15)18(20-14-13-19(2)3)16-10-5-4-6-11-16/h4-12,18H,13-14H2,1-3H3/i2D3,3D3,4D,5D,6D,7D,8D,9D,10D,11D,12D,13D2. The monoisotopic (exact) mass is 286 g/mol. The molecule has 2 rings (SSSR count). The molecule has 1 atom stereocenters. The third kappa shape index (κ3) is 3.92. The van der Waals surface area contributed by atoms with Gasteiger partial charge in [0, 0.05) is 17.5 Å². The first-order chi connectivity index (χ1) is 16.6. The Hall–Kier alpha value is -1.64. The van der Waals surface area contributed by atoms with Crippen molar-refractivity contribution in [2.45, 2.75) is 13.0 Å². The van der Waals surface area contributed by atoms with E-state index in [1.807, 2.05) is 0 Å². The van der Waals surface area contributed by atoms with Gasteiger partial charge in [-0.3, -0.25) is 0 Å². The van der Waals surface area contributed by atoms with Gasteiger partial charge in [-0.15, -0.1) is 0 Å². The molecule has 0 aromatic heterocycles. The van der Waals surface area contributed by atoms with Gasteiger partial charge in [-0.1, -0.05) is 54.4 Å². The van der Waals surface area contributed by atoms with Crippen molar-refractivity contribution < 1.29 is 28.0 Å². The lowest BCUT2D eigenvalue weighted by Crippen LogP contribution is -2.20. The Bertz CT molecular complexity index is 1060. The molecule has 0 bridgehead atoms. The Balaban J connectivity index is 2.85. The smallest absolute Gasteiger partial charge is 0.108 e. The van der Waals surface area contributed by atoms with E-state index in [9.17, 15) is 0 Å². The van der Waals surface area contributed by atoms with Crippen LogP contribution in [0.2, 0.25) is 0 Å². The third-order valence-electron chi connectivity index (χ3n) is 2.43. The zero-order valence-corrected chi connectivity index (χ0v) is 10.6. The lowest BCUT2D eigenvalue weighted by molar-refractivity contribution is 0.0683. The van der Waals surface area contributed by atoms with Crippen LogP contribution >= 0.6 is 0 Å². The second-order valence-electron chi connectivity index (χ2n) is 3.76. The van der Waals surface area contributed by atoms with Gasteiger partial charge < -0.3 is 9.64 Å². The van der Waals surface area contributed by atoms with Crippen LogP contribution in [-0.4, -0.2) is 32.0 Å². The molecule has 2 aromatic carbocycles. The summed E-state index contributed by atoms with van der Waals surface area (Å²) in [6.45, 7) is -10.2. The molecule has 0 N–H and O–H groups in total. The van der Waals surface area contributed by atoms with E-state index in [1.165, 1.54) is 6.92 Å². The molecule has 2 aromatic rings. The molecular formula is C18H23NO. The van der Waals surface area contributed by atoms with Crippen LogP contribution in [0.25, 0.3) is 0 Å². The van der Waals surface area contributed by atoms with Crippen LogP contribution in [0.4, 0.5) is 0 Å². The van der Waals surface area contributed by atoms with Gasteiger partial charge in [-0.25, -0.2) is 0 Å². The topological polar surface area (TPSA) is 12.5 Å². The molecule has 0 heterocycles. The highest BCUT2D eigenvalue weighted by Gasteiger charge is 2.16. The Morgan fingerprint density at radius 2 is 1.85 bits per heavy atom. The fourth-order valence-electron chi connectivity index (χ4n) is 1.53. The van der Waals surface area contributed by atoms with Crippen molar-refractivity contribution in [3.63, 3.8) is 0 Å². The maximum absolute atomic E-state index is 8.35. The summed E-state index contributed by atoms with van der Waals surface area (Å²) in [5, 5.41) is 0. The first-order valence-electron chi connectivity index (χ1n) is 14.1. The minimum absolute atomic E-state index is 0.146. The number of rotatable bonds is 6. The molecule has 2 nitrogen and oxygen atoms in total. The SMILES string of the molecule is [2H]c1c([2H])c([2H])c(C(OCC([2H])([2H])N(C([2H])([2H])[2H])C([2H])([2H])[2H])c2c([2H])c([2H])c([2H])c([2H])c2C)c([2H])c1[2H]. The number of benzene rings is 2. The summed E-state index contributed by atoms with van der Waals surface area (Å²) >= 11 is 0. The Kier molecular flexibility index (Phi) is 1.51. The fourth-order valence-corrected chi connectivity index (χ4v) is 1.53. The number of likely N-dealkylation sites (N-methyl/N-ethyl adjacent to an activating group) is 1. The van der Waals surface area contributed by atoms with Gasteiger partial charge in [0.25, 0.3) is 0 Å². The van der Waals surface area contributed by atoms with Gasteiger partial charge in [0.1, 0.15) is 6.10 Å². The number of hydrogen-bond acceptors (Lipinski definition) is 2. The summed E-state index contributed by atoms with van der Waals surface area (Å²) in [5.41, 5.74) is -1.15. The summed E-state index contributed by atoms with van der Waals surface area (Å²) in [4.78, 5) is -0.390. The average Bonchev–Trinajstić information content (AvgIpc) is 2.74. The second-order valence-corrected chi connectivity index (χ2v) is 3.76. The van der Waals surface area contributed by atoms with E-state index in [0.29, 0.717) is 0 Å². The van der Waals surface area contributed by atoms with Crippen LogP contribution in [0.1, 0.15) is 46.1 Å². The molecule has 1 unspecified atom stereocenters. The number of ether oxygens (including phenoxy) is 1. The Labute approximate surface area is 145 Å². The molecular weight excluding hydrogens is 246 g/mol. The van der Waals surface area contributed by atoms with Crippen LogP contribution in [-0.2, 0) is 4.74 Å². The summed E-state index contributed by atoms with van der Waals surface area (Å²) in [6, 6.07) is -6.63. The summed E-state index contributed by atoms with van der Waals surface area (Å²) in [7, 11) is 0. The zero-order chi connectivity index (χ0) is 29.0. The largest absolute Gasteiger partial charge is 0.367 e. The maximum Gasteiger partial charge on any atom is 0.108 e. The van der Waals surface area contributed by atoms with Crippen LogP contribution in [0.15, 0.2) is 54.4 Å². The molecule has 0 amide bonds. The Morgan fingerprint density at radius 1 is 1.15 bits per heavy atom. The molecule has 0 aliphatic rings. The highest BCUT2D eigenvalue weighted by Crippen LogP contribution is 2.28. The van der Waals surface area contributed by atoms with Gasteiger partial charge in [-0.2, -0.15) is 0 Å². The van der Waals surface area contributed by atoms with Gasteiger partial charge in [-0.05, 0) is 37.6 Å². The third-order valence-corrected chi connectivity index (χ3v) is 2.43. The van der Waals surface area contributed by atoms with E-state index in [4.69, 9.17) is 28.0 Å². The van der Waals surface area contributed by atoms with Gasteiger partial charge in [0.05, 0.1) is 18.9 Å². The molecule has 0 saturated carbocycles. The van der Waals surface area contributed by atoms with Gasteiger partial charge in [0.15, 0.2) is 0 Å². The van der Waals surface area contributed by atoms with Crippen LogP contribution < -0.4 is 0 Å². The van der Waals surface area contributed by atoms with Crippen molar-refractivity contribution in [1.82, 2.24) is 4.90 Å². The van der Waals surface area contributed by atoms with Crippen molar-refractivity contribution in [3.8, 4) is 0 Å². The summed E-state index contributed by atoms with van der Waals surface area (Å²) < 4.78 is 139. The first kappa shape index (κ1) is 4.19. The zero-order valence-electron chi connectivity index (χ0n) is 27.6. The van der Waals surface area contributed by atoms with Crippen molar-refractivity contribution in [2.24, 2.45) is 0 Å². The molecule has 0 saturated heterocycles. The quantitative estimate of drug-likeness (QED) is 0.803. The predicted octanol–water partition coefficient (Wildman–Crippen LogP) is 3.66. The van der Waals surface area contributed by atoms with Crippen molar-refractivity contribution in [1.29, 1.82) is 0 Å². The summed E-state index contributed by atoms with van der Waals surface area (Å²) in [6.07, 6.45) is -1.93. The van der Waals surface area contributed by atoms with Crippen LogP contribution in [0.5, 0.6) is 0 Å². The number of hydrogen-bond donors (Lipinski definition) is 0. The van der Waals surface area contributed by atoms with Crippen LogP contribution in [0.3, 0.4) is 0 Å². The molecule has 20 heavy (non-hydrogen) atoms. The molecule has 0 radical (unpaired) electrons. The van der Waals surface area contributed by atoms with Crippen molar-refractivity contribution in [3.05, 3.63) is 71.1 Å². The van der Waals surface area contributed by atoms with Gasteiger partial charge in [0.2, 0.25) is 0 Å². The minimum Gasteiger partial charge on any atom is -0.367 e. The second kappa shape index (κ2) is 7.22. The predicted molar refractivity (Wildman–Crippen MR) is 84.0 cm³/mol. The molecule has 2 heteroatoms. The maximum atomic E-state index is 8.35. The highest BCUT2D eigenvalue weighted by atomic mass is 16.5. The lowest BCUT2D eigenvalue weighted by atomic mass is 9.97. The van der Waals surface area contributed by atoms with E-state index < -0.39 is 98.7 Å². The van der Waals surface area contributed by atoms with E-state index in [2.05, 4.69) is 0 Å². The van der Waals surface area contributed by atoms with E-state index in [0.717, 1.165) is 0 Å². The Morgan fingerprint density at radius 3 is 2.60 bits per heavy atom. The average molecular weight is 286 g/mol. The van der Waals surface area contributed by atoms with Crippen LogP contribution in [0, 0.1) is 6.92 Å². The molecule has 0 aliphatic carbocycles. The molecule has 0 fully saturated rings. The minimum atomic E-state index is -3.46. The highest BCUT2D eigenvalue weighted by molar-refractivity contribution is 5.35. The van der Waals surface area contributed by atoms with Crippen molar-refractivity contribution in [2.75, 3.05) is 27.1 Å². The normalized spacial score (nSPS) is 26.8. The van der Waals surface area contributed by atoms with E-state index in [-0.39, 0.29) is 10.5 Å². The number of nitrogens with zero attached hydrogens (tertiary/aromatic N) is 1. The molecule has 0 spiro atoms.